The average molecular weight is 280 g/mol. The fourth-order valence-electron chi connectivity index (χ4n) is 3.25. The number of ether oxygens (including phenoxy) is 1. The van der Waals surface area contributed by atoms with Gasteiger partial charge in [0.15, 0.2) is 0 Å². The molecule has 1 saturated heterocycles. The van der Waals surface area contributed by atoms with Gasteiger partial charge in [-0.1, -0.05) is 18.1 Å². The molecule has 3 rings (SSSR count). The predicted molar refractivity (Wildman–Crippen MR) is 74.2 cm³/mol. The molecule has 1 fully saturated rings. The van der Waals surface area contributed by atoms with E-state index in [0.717, 1.165) is 44.6 Å². The third kappa shape index (κ3) is 3.02. The van der Waals surface area contributed by atoms with Crippen LogP contribution in [0, 0.1) is 0 Å². The van der Waals surface area contributed by atoms with Crippen molar-refractivity contribution in [3.8, 4) is 0 Å². The Labute approximate surface area is 119 Å². The molecular weight excluding hydrogens is 256 g/mol. The van der Waals surface area contributed by atoms with E-state index in [1.54, 1.807) is 0 Å². The monoisotopic (exact) mass is 280 g/mol. The van der Waals surface area contributed by atoms with Gasteiger partial charge in [0.25, 0.3) is 0 Å². The van der Waals surface area contributed by atoms with Crippen molar-refractivity contribution in [1.29, 1.82) is 0 Å². The highest BCUT2D eigenvalue weighted by molar-refractivity contribution is 5.01. The lowest BCUT2D eigenvalue weighted by molar-refractivity contribution is -0.0657. The summed E-state index contributed by atoms with van der Waals surface area (Å²) in [4.78, 5) is 2.51. The summed E-state index contributed by atoms with van der Waals surface area (Å²) in [5.41, 5.74) is 1.09. The van der Waals surface area contributed by atoms with E-state index in [-0.39, 0.29) is 0 Å². The Balaban J connectivity index is 1.50. The molecule has 1 N–H and O–H groups in total. The molecule has 2 aliphatic rings. The standard InChI is InChI=1S/C14H24N4O2/c19-8-4-2-1-3-6-17-7-5-14-13(10-17)18-12(11-20-14)9-15-16-18/h9,13-14,19H,1-8,10-11H2/t13-,14-/m0/s1. The molecule has 1 aromatic heterocycles. The van der Waals surface area contributed by atoms with Gasteiger partial charge in [0.05, 0.1) is 30.6 Å². The van der Waals surface area contributed by atoms with Crippen molar-refractivity contribution in [2.45, 2.75) is 50.9 Å². The quantitative estimate of drug-likeness (QED) is 0.787. The van der Waals surface area contributed by atoms with Gasteiger partial charge in [-0.25, -0.2) is 4.68 Å². The van der Waals surface area contributed by atoms with Crippen molar-refractivity contribution in [2.75, 3.05) is 26.2 Å². The van der Waals surface area contributed by atoms with Crippen LogP contribution in [0.25, 0.3) is 0 Å². The zero-order chi connectivity index (χ0) is 13.8. The Morgan fingerprint density at radius 3 is 3.10 bits per heavy atom. The SMILES string of the molecule is OCCCCCCN1CC[C@@H]2OCc3cnnn3[C@H]2C1. The molecule has 0 unspecified atom stereocenters. The Morgan fingerprint density at radius 2 is 2.20 bits per heavy atom. The molecule has 0 radical (unpaired) electrons. The van der Waals surface area contributed by atoms with Crippen molar-refractivity contribution in [2.24, 2.45) is 0 Å². The number of fused-ring (bicyclic) bond motifs is 3. The lowest BCUT2D eigenvalue weighted by Gasteiger charge is -2.41. The van der Waals surface area contributed by atoms with Gasteiger partial charge in [-0.3, -0.25) is 0 Å². The van der Waals surface area contributed by atoms with Gasteiger partial charge in [0.1, 0.15) is 0 Å². The molecular formula is C14H24N4O2. The van der Waals surface area contributed by atoms with Gasteiger partial charge in [-0.05, 0) is 25.8 Å². The molecule has 0 aliphatic carbocycles. The maximum atomic E-state index is 8.78. The number of rotatable bonds is 6. The highest BCUT2D eigenvalue weighted by Crippen LogP contribution is 2.30. The minimum Gasteiger partial charge on any atom is -0.396 e. The van der Waals surface area contributed by atoms with Crippen molar-refractivity contribution in [3.05, 3.63) is 11.9 Å². The third-order valence-corrected chi connectivity index (χ3v) is 4.40. The fraction of sp³-hybridized carbons (Fsp3) is 0.857. The number of aliphatic hydroxyl groups excluding tert-OH is 1. The van der Waals surface area contributed by atoms with E-state index in [4.69, 9.17) is 9.84 Å². The van der Waals surface area contributed by atoms with Crippen molar-refractivity contribution in [3.63, 3.8) is 0 Å². The van der Waals surface area contributed by atoms with Crippen LogP contribution in [-0.4, -0.2) is 57.3 Å². The molecule has 0 aromatic carbocycles. The molecule has 20 heavy (non-hydrogen) atoms. The Bertz CT molecular complexity index is 423. The molecule has 2 aliphatic heterocycles. The molecule has 0 saturated carbocycles. The van der Waals surface area contributed by atoms with E-state index < -0.39 is 0 Å². The van der Waals surface area contributed by atoms with Crippen LogP contribution in [-0.2, 0) is 11.3 Å². The summed E-state index contributed by atoms with van der Waals surface area (Å²) in [6.45, 7) is 4.24. The van der Waals surface area contributed by atoms with Gasteiger partial charge < -0.3 is 14.7 Å². The predicted octanol–water partition coefficient (Wildman–Crippen LogP) is 0.976. The van der Waals surface area contributed by atoms with Crippen molar-refractivity contribution in [1.82, 2.24) is 19.9 Å². The van der Waals surface area contributed by atoms with Gasteiger partial charge in [0.2, 0.25) is 0 Å². The summed E-state index contributed by atoms with van der Waals surface area (Å²) in [6.07, 6.45) is 7.67. The van der Waals surface area contributed by atoms with E-state index in [9.17, 15) is 0 Å². The van der Waals surface area contributed by atoms with Crippen molar-refractivity contribution >= 4 is 0 Å². The van der Waals surface area contributed by atoms with E-state index in [2.05, 4.69) is 19.9 Å². The summed E-state index contributed by atoms with van der Waals surface area (Å²) in [6, 6.07) is 0.326. The van der Waals surface area contributed by atoms with Crippen LogP contribution < -0.4 is 0 Å². The van der Waals surface area contributed by atoms with Crippen LogP contribution in [0.5, 0.6) is 0 Å². The minimum absolute atomic E-state index is 0.301. The van der Waals surface area contributed by atoms with Crippen LogP contribution in [0.3, 0.4) is 0 Å². The van der Waals surface area contributed by atoms with Gasteiger partial charge in [0, 0.05) is 19.7 Å². The van der Waals surface area contributed by atoms with Crippen LogP contribution in [0.15, 0.2) is 6.20 Å². The van der Waals surface area contributed by atoms with Crippen LogP contribution in [0.4, 0.5) is 0 Å². The number of unbranched alkanes of at least 4 members (excludes halogenated alkanes) is 3. The molecule has 0 bridgehead atoms. The van der Waals surface area contributed by atoms with Crippen LogP contribution >= 0.6 is 0 Å². The number of piperidine rings is 1. The Kier molecular flexibility index (Phi) is 4.65. The van der Waals surface area contributed by atoms with Gasteiger partial charge in [-0.15, -0.1) is 5.10 Å². The summed E-state index contributed by atoms with van der Waals surface area (Å²) in [5, 5.41) is 17.0. The second kappa shape index (κ2) is 6.65. The first-order chi connectivity index (χ1) is 9.88. The van der Waals surface area contributed by atoms with E-state index in [1.807, 2.05) is 6.20 Å². The van der Waals surface area contributed by atoms with E-state index in [1.165, 1.54) is 12.8 Å². The third-order valence-electron chi connectivity index (χ3n) is 4.40. The zero-order valence-electron chi connectivity index (χ0n) is 11.9. The number of likely N-dealkylation sites (tertiary alicyclic amines) is 1. The highest BCUT2D eigenvalue weighted by Gasteiger charge is 2.35. The molecule has 6 heteroatoms. The molecule has 2 atom stereocenters. The first kappa shape index (κ1) is 14.0. The Hall–Kier alpha value is -0.980. The second-order valence-corrected chi connectivity index (χ2v) is 5.81. The first-order valence-corrected chi connectivity index (χ1v) is 7.72. The molecule has 112 valence electrons. The average Bonchev–Trinajstić information content (AvgIpc) is 2.96. The lowest BCUT2D eigenvalue weighted by Crippen LogP contribution is -2.48. The maximum Gasteiger partial charge on any atom is 0.0929 e. The van der Waals surface area contributed by atoms with Crippen LogP contribution in [0.1, 0.15) is 43.8 Å². The molecule has 3 heterocycles. The number of aromatic nitrogens is 3. The lowest BCUT2D eigenvalue weighted by atomic mass is 10.00. The number of aliphatic hydroxyl groups is 1. The maximum absolute atomic E-state index is 8.78. The topological polar surface area (TPSA) is 63.4 Å². The largest absolute Gasteiger partial charge is 0.396 e. The van der Waals surface area contributed by atoms with E-state index in [0.29, 0.717) is 25.4 Å². The van der Waals surface area contributed by atoms with Crippen LogP contribution in [0.2, 0.25) is 0 Å². The second-order valence-electron chi connectivity index (χ2n) is 5.81. The minimum atomic E-state index is 0.301. The summed E-state index contributed by atoms with van der Waals surface area (Å²) in [7, 11) is 0. The number of hydrogen-bond acceptors (Lipinski definition) is 5. The molecule has 6 nitrogen and oxygen atoms in total. The fourth-order valence-corrected chi connectivity index (χ4v) is 3.25. The molecule has 1 aromatic rings. The summed E-state index contributed by atoms with van der Waals surface area (Å²) >= 11 is 0. The van der Waals surface area contributed by atoms with Gasteiger partial charge >= 0.3 is 0 Å². The van der Waals surface area contributed by atoms with E-state index >= 15 is 0 Å². The molecule has 0 spiro atoms. The highest BCUT2D eigenvalue weighted by atomic mass is 16.5. The summed E-state index contributed by atoms with van der Waals surface area (Å²) in [5.74, 6) is 0. The number of hydrogen-bond donors (Lipinski definition) is 1. The van der Waals surface area contributed by atoms with Crippen molar-refractivity contribution < 1.29 is 9.84 Å². The normalized spacial score (nSPS) is 26.2. The Morgan fingerprint density at radius 1 is 1.30 bits per heavy atom. The molecule has 0 amide bonds. The zero-order valence-corrected chi connectivity index (χ0v) is 11.9. The van der Waals surface area contributed by atoms with Gasteiger partial charge in [-0.2, -0.15) is 0 Å². The first-order valence-electron chi connectivity index (χ1n) is 7.72. The number of nitrogens with zero attached hydrogens (tertiary/aromatic N) is 4. The smallest absolute Gasteiger partial charge is 0.0929 e. The summed E-state index contributed by atoms with van der Waals surface area (Å²) < 4.78 is 7.98.